The highest BCUT2D eigenvalue weighted by Crippen LogP contribution is 2.18. The van der Waals surface area contributed by atoms with Crippen molar-refractivity contribution in [3.8, 4) is 0 Å². The normalized spacial score (nSPS) is 11.1. The Hall–Kier alpha value is -1.19. The van der Waals surface area contributed by atoms with Gasteiger partial charge in [0, 0.05) is 17.6 Å². The van der Waals surface area contributed by atoms with Gasteiger partial charge >= 0.3 is 0 Å². The molecule has 2 rings (SSSR count). The molecule has 0 saturated heterocycles. The predicted octanol–water partition coefficient (Wildman–Crippen LogP) is 5.00. The van der Waals surface area contributed by atoms with Gasteiger partial charge in [-0.2, -0.15) is 0 Å². The predicted molar refractivity (Wildman–Crippen MR) is 85.2 cm³/mol. The molecular formula is C17H19BrFN. The van der Waals surface area contributed by atoms with Crippen LogP contribution in [0.15, 0.2) is 46.9 Å². The summed E-state index contributed by atoms with van der Waals surface area (Å²) in [6.07, 6.45) is 0. The van der Waals surface area contributed by atoms with Crippen molar-refractivity contribution in [2.45, 2.75) is 32.9 Å². The Morgan fingerprint density at radius 2 is 1.75 bits per heavy atom. The first-order chi connectivity index (χ1) is 9.56. The van der Waals surface area contributed by atoms with Gasteiger partial charge in [-0.15, -0.1) is 0 Å². The van der Waals surface area contributed by atoms with E-state index in [4.69, 9.17) is 0 Å². The average Bonchev–Trinajstić information content (AvgIpc) is 2.43. The van der Waals surface area contributed by atoms with E-state index in [0.717, 1.165) is 16.6 Å². The van der Waals surface area contributed by atoms with E-state index in [1.807, 2.05) is 0 Å². The van der Waals surface area contributed by atoms with E-state index in [1.54, 1.807) is 12.1 Å². The summed E-state index contributed by atoms with van der Waals surface area (Å²) < 4.78 is 14.1. The molecule has 0 spiro atoms. The molecule has 0 aliphatic carbocycles. The van der Waals surface area contributed by atoms with Crippen molar-refractivity contribution in [1.29, 1.82) is 0 Å². The second-order valence-corrected chi connectivity index (χ2v) is 6.09. The molecule has 20 heavy (non-hydrogen) atoms. The van der Waals surface area contributed by atoms with Crippen LogP contribution in [0, 0.1) is 5.82 Å². The molecule has 0 saturated carbocycles. The van der Waals surface area contributed by atoms with Crippen LogP contribution in [-0.4, -0.2) is 0 Å². The maximum Gasteiger partial charge on any atom is 0.123 e. The lowest BCUT2D eigenvalue weighted by atomic mass is 10.0. The third kappa shape index (κ3) is 4.15. The fourth-order valence-electron chi connectivity index (χ4n) is 2.04. The smallest absolute Gasteiger partial charge is 0.123 e. The molecule has 0 amide bonds. The van der Waals surface area contributed by atoms with Crippen molar-refractivity contribution < 1.29 is 4.39 Å². The van der Waals surface area contributed by atoms with Gasteiger partial charge in [0.2, 0.25) is 0 Å². The summed E-state index contributed by atoms with van der Waals surface area (Å²) in [6, 6.07) is 13.4. The Morgan fingerprint density at radius 1 is 1.05 bits per heavy atom. The van der Waals surface area contributed by atoms with Gasteiger partial charge in [-0.25, -0.2) is 4.39 Å². The number of benzene rings is 2. The van der Waals surface area contributed by atoms with Crippen LogP contribution >= 0.6 is 15.9 Å². The van der Waals surface area contributed by atoms with E-state index in [9.17, 15) is 4.39 Å². The van der Waals surface area contributed by atoms with E-state index in [2.05, 4.69) is 59.4 Å². The minimum atomic E-state index is -0.203. The number of rotatable bonds is 5. The monoisotopic (exact) mass is 335 g/mol. The van der Waals surface area contributed by atoms with E-state index in [-0.39, 0.29) is 5.82 Å². The lowest BCUT2D eigenvalue weighted by molar-refractivity contribution is 0.619. The number of halogens is 2. The van der Waals surface area contributed by atoms with Crippen LogP contribution in [0.1, 0.15) is 36.5 Å². The average molecular weight is 336 g/mol. The number of hydrogen-bond acceptors (Lipinski definition) is 1. The molecule has 0 aliphatic heterocycles. The minimum absolute atomic E-state index is 0.203. The molecule has 0 radical (unpaired) electrons. The zero-order valence-electron chi connectivity index (χ0n) is 11.8. The molecule has 0 atom stereocenters. The van der Waals surface area contributed by atoms with Crippen LogP contribution in [0.2, 0.25) is 0 Å². The van der Waals surface area contributed by atoms with E-state index in [0.29, 0.717) is 12.5 Å². The van der Waals surface area contributed by atoms with Gasteiger partial charge in [-0.3, -0.25) is 0 Å². The Bertz CT molecular complexity index is 564. The molecule has 106 valence electrons. The molecule has 0 aliphatic rings. The van der Waals surface area contributed by atoms with Gasteiger partial charge < -0.3 is 5.32 Å². The van der Waals surface area contributed by atoms with Gasteiger partial charge in [0.25, 0.3) is 0 Å². The largest absolute Gasteiger partial charge is 0.309 e. The molecule has 2 aromatic carbocycles. The lowest BCUT2D eigenvalue weighted by Crippen LogP contribution is -2.13. The molecule has 1 N–H and O–H groups in total. The zero-order valence-corrected chi connectivity index (χ0v) is 13.4. The second-order valence-electron chi connectivity index (χ2n) is 5.24. The fourth-order valence-corrected chi connectivity index (χ4v) is 2.43. The van der Waals surface area contributed by atoms with Gasteiger partial charge in [0.15, 0.2) is 0 Å². The molecule has 0 bridgehead atoms. The summed E-state index contributed by atoms with van der Waals surface area (Å²) in [5.41, 5.74) is 3.52. The van der Waals surface area contributed by atoms with Crippen LogP contribution in [-0.2, 0) is 13.1 Å². The quantitative estimate of drug-likeness (QED) is 0.810. The third-order valence-electron chi connectivity index (χ3n) is 3.30. The highest BCUT2D eigenvalue weighted by molar-refractivity contribution is 9.10. The Balaban J connectivity index is 1.91. The van der Waals surface area contributed by atoms with Crippen molar-refractivity contribution in [2.75, 3.05) is 0 Å². The first-order valence-corrected chi connectivity index (χ1v) is 7.59. The first kappa shape index (κ1) is 15.2. The molecule has 0 heterocycles. The van der Waals surface area contributed by atoms with Gasteiger partial charge in [-0.05, 0) is 40.8 Å². The Labute approximate surface area is 128 Å². The van der Waals surface area contributed by atoms with E-state index >= 15 is 0 Å². The summed E-state index contributed by atoms with van der Waals surface area (Å²) >= 11 is 3.44. The number of nitrogens with one attached hydrogen (secondary N) is 1. The SMILES string of the molecule is CC(C)c1ccc(CNCc2cc(F)ccc2Br)cc1. The van der Waals surface area contributed by atoms with Crippen LogP contribution < -0.4 is 5.32 Å². The van der Waals surface area contributed by atoms with E-state index < -0.39 is 0 Å². The Morgan fingerprint density at radius 3 is 2.40 bits per heavy atom. The highest BCUT2D eigenvalue weighted by atomic mass is 79.9. The van der Waals surface area contributed by atoms with Gasteiger partial charge in [0.05, 0.1) is 0 Å². The lowest BCUT2D eigenvalue weighted by Gasteiger charge is -2.09. The second kappa shape index (κ2) is 7.00. The first-order valence-electron chi connectivity index (χ1n) is 6.79. The molecule has 0 aromatic heterocycles. The van der Waals surface area contributed by atoms with Crippen molar-refractivity contribution >= 4 is 15.9 Å². The molecule has 0 unspecified atom stereocenters. The minimum Gasteiger partial charge on any atom is -0.309 e. The molecule has 0 fully saturated rings. The van der Waals surface area contributed by atoms with Crippen LogP contribution in [0.25, 0.3) is 0 Å². The van der Waals surface area contributed by atoms with Crippen LogP contribution in [0.5, 0.6) is 0 Å². The molecule has 3 heteroatoms. The van der Waals surface area contributed by atoms with Gasteiger partial charge in [0.1, 0.15) is 5.82 Å². The van der Waals surface area contributed by atoms with E-state index in [1.165, 1.54) is 17.2 Å². The van der Waals surface area contributed by atoms with Crippen molar-refractivity contribution in [3.05, 3.63) is 69.4 Å². The third-order valence-corrected chi connectivity index (χ3v) is 4.07. The Kier molecular flexibility index (Phi) is 5.32. The summed E-state index contributed by atoms with van der Waals surface area (Å²) in [5.74, 6) is 0.353. The zero-order chi connectivity index (χ0) is 14.5. The number of hydrogen-bond donors (Lipinski definition) is 1. The summed E-state index contributed by atoms with van der Waals surface area (Å²) in [6.45, 7) is 5.80. The molecule has 1 nitrogen and oxygen atoms in total. The van der Waals surface area contributed by atoms with Crippen molar-refractivity contribution in [3.63, 3.8) is 0 Å². The molecule has 2 aromatic rings. The molecular weight excluding hydrogens is 317 g/mol. The van der Waals surface area contributed by atoms with Crippen molar-refractivity contribution in [1.82, 2.24) is 5.32 Å². The topological polar surface area (TPSA) is 12.0 Å². The fraction of sp³-hybridized carbons (Fsp3) is 0.294. The highest BCUT2D eigenvalue weighted by Gasteiger charge is 2.02. The van der Waals surface area contributed by atoms with Crippen LogP contribution in [0.3, 0.4) is 0 Å². The summed E-state index contributed by atoms with van der Waals surface area (Å²) in [4.78, 5) is 0. The summed E-state index contributed by atoms with van der Waals surface area (Å²) in [5, 5.41) is 3.34. The maximum absolute atomic E-state index is 13.2. The maximum atomic E-state index is 13.2. The summed E-state index contributed by atoms with van der Waals surface area (Å²) in [7, 11) is 0. The standard InChI is InChI=1S/C17H19BrFN/c1-12(2)14-5-3-13(4-6-14)10-20-11-15-9-16(19)7-8-17(15)18/h3-9,12,20H,10-11H2,1-2H3. The van der Waals surface area contributed by atoms with Gasteiger partial charge in [-0.1, -0.05) is 54.0 Å². The van der Waals surface area contributed by atoms with Crippen LogP contribution in [0.4, 0.5) is 4.39 Å². The van der Waals surface area contributed by atoms with Crippen molar-refractivity contribution in [2.24, 2.45) is 0 Å².